The first-order valence-corrected chi connectivity index (χ1v) is 8.16. The summed E-state index contributed by atoms with van der Waals surface area (Å²) in [7, 11) is 0. The van der Waals surface area contributed by atoms with E-state index in [0.717, 1.165) is 16.5 Å². The first kappa shape index (κ1) is 15.9. The van der Waals surface area contributed by atoms with Crippen LogP contribution >= 0.6 is 0 Å². The van der Waals surface area contributed by atoms with Crippen LogP contribution in [0.3, 0.4) is 0 Å². The Morgan fingerprint density at radius 2 is 2.12 bits per heavy atom. The molecule has 7 heteroatoms. The van der Waals surface area contributed by atoms with Crippen LogP contribution in [0.4, 0.5) is 10.5 Å². The van der Waals surface area contributed by atoms with Gasteiger partial charge in [0.15, 0.2) is 5.75 Å². The Balaban J connectivity index is 1.42. The molecule has 0 bridgehead atoms. The molecule has 0 aliphatic rings. The van der Waals surface area contributed by atoms with E-state index in [1.165, 1.54) is 6.20 Å². The molecular weight excluding hydrogens is 330 g/mol. The van der Waals surface area contributed by atoms with Crippen LogP contribution in [0.15, 0.2) is 61.2 Å². The molecule has 7 nitrogen and oxygen atoms in total. The predicted octanol–water partition coefficient (Wildman–Crippen LogP) is 3.73. The summed E-state index contributed by atoms with van der Waals surface area (Å²) in [5.74, 6) is 0.382. The van der Waals surface area contributed by atoms with Gasteiger partial charge in [-0.2, -0.15) is 5.10 Å². The van der Waals surface area contributed by atoms with Crippen molar-refractivity contribution in [3.63, 3.8) is 0 Å². The molecule has 4 aromatic rings. The molecule has 130 valence electrons. The third-order valence-electron chi connectivity index (χ3n) is 3.91. The summed E-state index contributed by atoms with van der Waals surface area (Å²) in [4.78, 5) is 19.5. The largest absolute Gasteiger partial charge is 0.417 e. The van der Waals surface area contributed by atoms with Gasteiger partial charge >= 0.3 is 6.09 Å². The van der Waals surface area contributed by atoms with E-state index >= 15 is 0 Å². The lowest BCUT2D eigenvalue weighted by atomic mass is 10.2. The number of ether oxygens (including phenoxy) is 1. The molecule has 1 aromatic carbocycles. The topological polar surface area (TPSA) is 84.8 Å². The molecule has 0 atom stereocenters. The normalized spacial score (nSPS) is 10.8. The van der Waals surface area contributed by atoms with Crippen molar-refractivity contribution in [2.75, 3.05) is 5.32 Å². The zero-order chi connectivity index (χ0) is 17.9. The van der Waals surface area contributed by atoms with E-state index in [1.807, 2.05) is 43.3 Å². The minimum atomic E-state index is -0.577. The lowest BCUT2D eigenvalue weighted by Gasteiger charge is -2.04. The maximum Gasteiger partial charge on any atom is 0.417 e. The Morgan fingerprint density at radius 3 is 2.96 bits per heavy atom. The highest BCUT2D eigenvalue weighted by atomic mass is 16.6. The Morgan fingerprint density at radius 1 is 1.27 bits per heavy atom. The lowest BCUT2D eigenvalue weighted by molar-refractivity contribution is 0.215. The SMILES string of the molecule is Cc1cnc2[nH]cc(NC(=O)Oc3cnn(Cc4ccccc4)c3)c2c1. The number of hydrogen-bond acceptors (Lipinski definition) is 4. The molecule has 0 fully saturated rings. The van der Waals surface area contributed by atoms with Crippen molar-refractivity contribution in [1.29, 1.82) is 0 Å². The molecule has 0 saturated heterocycles. The van der Waals surface area contributed by atoms with Crippen molar-refractivity contribution in [3.8, 4) is 5.75 Å². The van der Waals surface area contributed by atoms with Gasteiger partial charge in [-0.3, -0.25) is 10.00 Å². The third-order valence-corrected chi connectivity index (χ3v) is 3.91. The monoisotopic (exact) mass is 347 g/mol. The molecule has 0 aliphatic carbocycles. The first-order valence-electron chi connectivity index (χ1n) is 8.16. The van der Waals surface area contributed by atoms with Crippen LogP contribution < -0.4 is 10.1 Å². The second-order valence-corrected chi connectivity index (χ2v) is 5.98. The highest BCUT2D eigenvalue weighted by Gasteiger charge is 2.11. The fourth-order valence-corrected chi connectivity index (χ4v) is 2.71. The van der Waals surface area contributed by atoms with Crippen molar-refractivity contribution < 1.29 is 9.53 Å². The molecule has 1 amide bonds. The van der Waals surface area contributed by atoms with Crippen LogP contribution in [-0.4, -0.2) is 25.8 Å². The highest BCUT2D eigenvalue weighted by molar-refractivity contribution is 5.98. The average molecular weight is 347 g/mol. The number of nitrogens with one attached hydrogen (secondary N) is 2. The van der Waals surface area contributed by atoms with Gasteiger partial charge in [-0.25, -0.2) is 9.78 Å². The highest BCUT2D eigenvalue weighted by Crippen LogP contribution is 2.22. The zero-order valence-electron chi connectivity index (χ0n) is 14.1. The number of aryl methyl sites for hydroxylation is 1. The van der Waals surface area contributed by atoms with Gasteiger partial charge in [0.05, 0.1) is 24.6 Å². The molecule has 3 aromatic heterocycles. The molecule has 3 heterocycles. The molecule has 2 N–H and O–H groups in total. The molecule has 0 aliphatic heterocycles. The quantitative estimate of drug-likeness (QED) is 0.589. The summed E-state index contributed by atoms with van der Waals surface area (Å²) in [6.07, 6.45) is 6.09. The second-order valence-electron chi connectivity index (χ2n) is 5.98. The Bertz CT molecular complexity index is 1050. The number of hydrogen-bond donors (Lipinski definition) is 2. The number of pyridine rings is 1. The van der Waals surface area contributed by atoms with Crippen LogP contribution in [-0.2, 0) is 6.54 Å². The van der Waals surface area contributed by atoms with E-state index in [9.17, 15) is 4.79 Å². The minimum Gasteiger partial charge on any atom is -0.407 e. The van der Waals surface area contributed by atoms with Crippen molar-refractivity contribution in [2.24, 2.45) is 0 Å². The van der Waals surface area contributed by atoms with Crippen molar-refractivity contribution in [3.05, 3.63) is 72.3 Å². The number of aromatic nitrogens is 4. The fourth-order valence-electron chi connectivity index (χ4n) is 2.71. The van der Waals surface area contributed by atoms with Crippen LogP contribution in [0.25, 0.3) is 11.0 Å². The van der Waals surface area contributed by atoms with Gasteiger partial charge in [-0.15, -0.1) is 0 Å². The number of aromatic amines is 1. The van der Waals surface area contributed by atoms with E-state index in [2.05, 4.69) is 20.4 Å². The van der Waals surface area contributed by atoms with Crippen LogP contribution in [0.2, 0.25) is 0 Å². The second kappa shape index (κ2) is 6.72. The molecular formula is C19H17N5O2. The third kappa shape index (κ3) is 3.41. The first-order chi connectivity index (χ1) is 12.7. The Hall–Kier alpha value is -3.61. The number of rotatable bonds is 4. The van der Waals surface area contributed by atoms with Gasteiger partial charge in [0, 0.05) is 17.8 Å². The molecule has 0 unspecified atom stereocenters. The summed E-state index contributed by atoms with van der Waals surface area (Å²) >= 11 is 0. The molecule has 26 heavy (non-hydrogen) atoms. The predicted molar refractivity (Wildman–Crippen MR) is 98.2 cm³/mol. The van der Waals surface area contributed by atoms with Crippen LogP contribution in [0.1, 0.15) is 11.1 Å². The zero-order valence-corrected chi connectivity index (χ0v) is 14.1. The molecule has 0 spiro atoms. The van der Waals surface area contributed by atoms with Crippen molar-refractivity contribution in [2.45, 2.75) is 13.5 Å². The summed E-state index contributed by atoms with van der Waals surface area (Å²) in [6.45, 7) is 2.56. The summed E-state index contributed by atoms with van der Waals surface area (Å²) in [6, 6.07) is 11.9. The number of nitrogens with zero attached hydrogens (tertiary/aromatic N) is 3. The van der Waals surface area contributed by atoms with Gasteiger partial charge in [-0.05, 0) is 24.1 Å². The number of anilines is 1. The van der Waals surface area contributed by atoms with Crippen molar-refractivity contribution in [1.82, 2.24) is 19.7 Å². The molecule has 4 rings (SSSR count). The molecule has 0 saturated carbocycles. The van der Waals surface area contributed by atoms with Gasteiger partial charge in [0.2, 0.25) is 0 Å². The number of carbonyl (C=O) groups is 1. The van der Waals surface area contributed by atoms with E-state index < -0.39 is 6.09 Å². The number of benzene rings is 1. The number of H-pyrrole nitrogens is 1. The minimum absolute atomic E-state index is 0.382. The number of fused-ring (bicyclic) bond motifs is 1. The summed E-state index contributed by atoms with van der Waals surface area (Å²) in [5, 5.41) is 7.78. The van der Waals surface area contributed by atoms with E-state index in [1.54, 1.807) is 23.3 Å². The Labute approximate surface area is 149 Å². The summed E-state index contributed by atoms with van der Waals surface area (Å²) in [5.41, 5.74) is 3.46. The van der Waals surface area contributed by atoms with E-state index in [-0.39, 0.29) is 0 Å². The average Bonchev–Trinajstić information content (AvgIpc) is 3.23. The van der Waals surface area contributed by atoms with Gasteiger partial charge in [0.25, 0.3) is 0 Å². The Kier molecular flexibility index (Phi) is 4.10. The van der Waals surface area contributed by atoms with E-state index in [0.29, 0.717) is 23.6 Å². The van der Waals surface area contributed by atoms with E-state index in [4.69, 9.17) is 4.74 Å². The number of amides is 1. The van der Waals surface area contributed by atoms with Crippen LogP contribution in [0.5, 0.6) is 5.75 Å². The van der Waals surface area contributed by atoms with Crippen LogP contribution in [0, 0.1) is 6.92 Å². The number of carbonyl (C=O) groups excluding carboxylic acids is 1. The maximum atomic E-state index is 12.2. The standard InChI is InChI=1S/C19H17N5O2/c1-13-7-16-17(10-21-18(16)20-8-13)23-19(25)26-15-9-22-24(12-15)11-14-5-3-2-4-6-14/h2-10,12H,11H2,1H3,(H,20,21)(H,23,25). The summed E-state index contributed by atoms with van der Waals surface area (Å²) < 4.78 is 7.04. The van der Waals surface area contributed by atoms with Gasteiger partial charge in [-0.1, -0.05) is 30.3 Å². The van der Waals surface area contributed by atoms with Crippen molar-refractivity contribution >= 4 is 22.8 Å². The van der Waals surface area contributed by atoms with Gasteiger partial charge < -0.3 is 9.72 Å². The lowest BCUT2D eigenvalue weighted by Crippen LogP contribution is -2.16. The smallest absolute Gasteiger partial charge is 0.407 e. The maximum absolute atomic E-state index is 12.2. The fraction of sp³-hybridized carbons (Fsp3) is 0.105. The molecule has 0 radical (unpaired) electrons. The van der Waals surface area contributed by atoms with Gasteiger partial charge in [0.1, 0.15) is 5.65 Å².